The molecule has 66 valence electrons. The summed E-state index contributed by atoms with van der Waals surface area (Å²) in [4.78, 5) is 0. The number of aliphatic hydroxyl groups is 1. The normalized spacial score (nSPS) is 10.3. The molecule has 0 aliphatic carbocycles. The third-order valence-corrected chi connectivity index (χ3v) is 2.32. The first-order valence-electron chi connectivity index (χ1n) is 3.76. The van der Waals surface area contributed by atoms with Gasteiger partial charge in [0.2, 0.25) is 0 Å². The van der Waals surface area contributed by atoms with Crippen LogP contribution in [0.2, 0.25) is 0 Å². The van der Waals surface area contributed by atoms with Gasteiger partial charge in [-0.15, -0.1) is 0 Å². The van der Waals surface area contributed by atoms with Crippen LogP contribution in [0.3, 0.4) is 0 Å². The van der Waals surface area contributed by atoms with Crippen LogP contribution in [0, 0.1) is 5.82 Å². The molecule has 0 fully saturated rings. The highest BCUT2D eigenvalue weighted by Crippen LogP contribution is 2.21. The molecule has 1 rings (SSSR count). The molecule has 0 heterocycles. The van der Waals surface area contributed by atoms with E-state index in [9.17, 15) is 4.39 Å². The Hall–Kier alpha value is -0.410. The minimum atomic E-state index is -0.366. The maximum absolute atomic E-state index is 13.1. The molecule has 1 nitrogen and oxygen atoms in total. The van der Waals surface area contributed by atoms with Gasteiger partial charge in [-0.3, -0.25) is 0 Å². The Morgan fingerprint density at radius 3 is 2.67 bits per heavy atom. The third-order valence-electron chi connectivity index (χ3n) is 1.74. The molecule has 0 saturated carbocycles. The van der Waals surface area contributed by atoms with E-state index in [1.54, 1.807) is 12.1 Å². The van der Waals surface area contributed by atoms with Crippen molar-refractivity contribution in [2.24, 2.45) is 0 Å². The van der Waals surface area contributed by atoms with Crippen molar-refractivity contribution in [3.63, 3.8) is 0 Å². The Morgan fingerprint density at radius 2 is 2.17 bits per heavy atom. The second-order valence-electron chi connectivity index (χ2n) is 2.56. The van der Waals surface area contributed by atoms with E-state index in [-0.39, 0.29) is 12.4 Å². The van der Waals surface area contributed by atoms with Crippen LogP contribution in [0.25, 0.3) is 0 Å². The summed E-state index contributed by atoms with van der Waals surface area (Å²) in [6.07, 6.45) is 0.839. The molecular formula is C9H10BrFO. The standard InChI is InChI=1S/C9H10BrFO/c1-2-6-3-7(5-12)9(11)8(10)4-6/h3-4,12H,2,5H2,1H3. The summed E-state index contributed by atoms with van der Waals surface area (Å²) in [6, 6.07) is 3.41. The summed E-state index contributed by atoms with van der Waals surface area (Å²) in [6.45, 7) is 1.74. The van der Waals surface area contributed by atoms with Gasteiger partial charge in [0.15, 0.2) is 0 Å². The maximum Gasteiger partial charge on any atom is 0.142 e. The van der Waals surface area contributed by atoms with Crippen LogP contribution < -0.4 is 0 Å². The van der Waals surface area contributed by atoms with Crippen molar-refractivity contribution in [3.05, 3.63) is 33.5 Å². The zero-order chi connectivity index (χ0) is 9.14. The van der Waals surface area contributed by atoms with Gasteiger partial charge in [0.25, 0.3) is 0 Å². The molecule has 1 aromatic carbocycles. The van der Waals surface area contributed by atoms with Gasteiger partial charge in [0, 0.05) is 5.56 Å². The SMILES string of the molecule is CCc1cc(Br)c(F)c(CO)c1. The van der Waals surface area contributed by atoms with Gasteiger partial charge < -0.3 is 5.11 Å². The zero-order valence-corrected chi connectivity index (χ0v) is 8.36. The van der Waals surface area contributed by atoms with Crippen LogP contribution in [0.15, 0.2) is 16.6 Å². The molecule has 1 aromatic rings. The molecular weight excluding hydrogens is 223 g/mol. The quantitative estimate of drug-likeness (QED) is 0.832. The van der Waals surface area contributed by atoms with E-state index in [4.69, 9.17) is 5.11 Å². The second kappa shape index (κ2) is 4.01. The van der Waals surface area contributed by atoms with Crippen LogP contribution in [0.4, 0.5) is 4.39 Å². The number of hydrogen-bond donors (Lipinski definition) is 1. The smallest absolute Gasteiger partial charge is 0.142 e. The molecule has 0 unspecified atom stereocenters. The molecule has 0 radical (unpaired) electrons. The van der Waals surface area contributed by atoms with Gasteiger partial charge >= 0.3 is 0 Å². The Balaban J connectivity index is 3.19. The Labute approximate surface area is 79.4 Å². The van der Waals surface area contributed by atoms with Crippen molar-refractivity contribution in [1.29, 1.82) is 0 Å². The van der Waals surface area contributed by atoms with Crippen molar-refractivity contribution in [2.45, 2.75) is 20.0 Å². The fourth-order valence-electron chi connectivity index (χ4n) is 1.03. The monoisotopic (exact) mass is 232 g/mol. The lowest BCUT2D eigenvalue weighted by Gasteiger charge is -2.04. The first-order chi connectivity index (χ1) is 5.69. The van der Waals surface area contributed by atoms with Gasteiger partial charge in [-0.2, -0.15) is 0 Å². The van der Waals surface area contributed by atoms with E-state index in [0.717, 1.165) is 12.0 Å². The maximum atomic E-state index is 13.1. The summed E-state index contributed by atoms with van der Waals surface area (Å²) in [5.74, 6) is -0.366. The van der Waals surface area contributed by atoms with E-state index < -0.39 is 0 Å². The van der Waals surface area contributed by atoms with Crippen molar-refractivity contribution < 1.29 is 9.50 Å². The lowest BCUT2D eigenvalue weighted by molar-refractivity contribution is 0.275. The first kappa shape index (κ1) is 9.68. The highest BCUT2D eigenvalue weighted by Gasteiger charge is 2.06. The summed E-state index contributed by atoms with van der Waals surface area (Å²) in [5, 5.41) is 8.80. The zero-order valence-electron chi connectivity index (χ0n) is 6.77. The second-order valence-corrected chi connectivity index (χ2v) is 3.42. The van der Waals surface area contributed by atoms with Crippen LogP contribution >= 0.6 is 15.9 Å². The van der Waals surface area contributed by atoms with Gasteiger partial charge in [0.05, 0.1) is 11.1 Å². The van der Waals surface area contributed by atoms with Crippen molar-refractivity contribution >= 4 is 15.9 Å². The molecule has 3 heteroatoms. The van der Waals surface area contributed by atoms with Gasteiger partial charge in [-0.25, -0.2) is 4.39 Å². The predicted octanol–water partition coefficient (Wildman–Crippen LogP) is 2.64. The number of aryl methyl sites for hydroxylation is 1. The largest absolute Gasteiger partial charge is 0.392 e. The number of rotatable bonds is 2. The molecule has 0 aliphatic heterocycles. The van der Waals surface area contributed by atoms with Crippen molar-refractivity contribution in [2.75, 3.05) is 0 Å². The van der Waals surface area contributed by atoms with Gasteiger partial charge in [-0.1, -0.05) is 13.0 Å². The summed E-state index contributed by atoms with van der Waals surface area (Å²) < 4.78 is 13.5. The van der Waals surface area contributed by atoms with E-state index in [0.29, 0.717) is 10.0 Å². The lowest BCUT2D eigenvalue weighted by atomic mass is 10.1. The predicted molar refractivity (Wildman–Crippen MR) is 49.4 cm³/mol. The third kappa shape index (κ3) is 1.84. The van der Waals surface area contributed by atoms with E-state index in [2.05, 4.69) is 15.9 Å². The summed E-state index contributed by atoms with van der Waals surface area (Å²) in [5.41, 5.74) is 1.37. The number of hydrogen-bond acceptors (Lipinski definition) is 1. The van der Waals surface area contributed by atoms with Crippen LogP contribution in [0.1, 0.15) is 18.1 Å². The highest BCUT2D eigenvalue weighted by molar-refractivity contribution is 9.10. The van der Waals surface area contributed by atoms with Crippen LogP contribution in [-0.4, -0.2) is 5.11 Å². The minimum absolute atomic E-state index is 0.252. The highest BCUT2D eigenvalue weighted by atomic mass is 79.9. The molecule has 0 aliphatic rings. The number of halogens is 2. The molecule has 0 bridgehead atoms. The fourth-order valence-corrected chi connectivity index (χ4v) is 1.58. The molecule has 0 amide bonds. The fraction of sp³-hybridized carbons (Fsp3) is 0.333. The van der Waals surface area contributed by atoms with Crippen molar-refractivity contribution in [1.82, 2.24) is 0 Å². The van der Waals surface area contributed by atoms with Gasteiger partial charge in [0.1, 0.15) is 5.82 Å². The molecule has 0 aromatic heterocycles. The Bertz CT molecular complexity index is 286. The Kier molecular flexibility index (Phi) is 3.23. The lowest BCUT2D eigenvalue weighted by Crippen LogP contribution is -1.93. The molecule has 0 spiro atoms. The molecule has 0 saturated heterocycles. The first-order valence-corrected chi connectivity index (χ1v) is 4.56. The summed E-state index contributed by atoms with van der Waals surface area (Å²) >= 11 is 3.09. The molecule has 12 heavy (non-hydrogen) atoms. The number of aliphatic hydroxyl groups excluding tert-OH is 1. The van der Waals surface area contributed by atoms with Gasteiger partial charge in [-0.05, 0) is 34.0 Å². The average Bonchev–Trinajstić information content (AvgIpc) is 2.09. The molecule has 0 atom stereocenters. The van der Waals surface area contributed by atoms with Crippen LogP contribution in [-0.2, 0) is 13.0 Å². The minimum Gasteiger partial charge on any atom is -0.392 e. The van der Waals surface area contributed by atoms with Crippen LogP contribution in [0.5, 0.6) is 0 Å². The Morgan fingerprint density at radius 1 is 1.50 bits per heavy atom. The van der Waals surface area contributed by atoms with E-state index in [1.807, 2.05) is 6.92 Å². The van der Waals surface area contributed by atoms with Crippen molar-refractivity contribution in [3.8, 4) is 0 Å². The average molecular weight is 233 g/mol. The summed E-state index contributed by atoms with van der Waals surface area (Å²) in [7, 11) is 0. The van der Waals surface area contributed by atoms with E-state index >= 15 is 0 Å². The number of benzene rings is 1. The topological polar surface area (TPSA) is 20.2 Å². The van der Waals surface area contributed by atoms with E-state index in [1.165, 1.54) is 0 Å². The molecule has 1 N–H and O–H groups in total.